The number of hydrogen-bond donors (Lipinski definition) is 3. The van der Waals surface area contributed by atoms with Gasteiger partial charge in [-0.05, 0) is 83.9 Å². The molecule has 0 fully saturated rings. The zero-order valence-corrected chi connectivity index (χ0v) is 23.6. The topological polar surface area (TPSA) is 132 Å². The Morgan fingerprint density at radius 1 is 0.800 bits per heavy atom. The van der Waals surface area contributed by atoms with E-state index in [-0.39, 0.29) is 0 Å². The Hall–Kier alpha value is -4.67. The second-order valence-electron chi connectivity index (χ2n) is 11.2. The van der Waals surface area contributed by atoms with Crippen molar-refractivity contribution in [3.63, 3.8) is 0 Å². The molecule has 3 N–H and O–H groups in total. The summed E-state index contributed by atoms with van der Waals surface area (Å²) >= 11 is 0. The van der Waals surface area contributed by atoms with Crippen molar-refractivity contribution in [2.45, 2.75) is 65.7 Å². The number of benzene rings is 2. The van der Waals surface area contributed by atoms with Crippen molar-refractivity contribution in [3.8, 4) is 0 Å². The molecule has 11 nitrogen and oxygen atoms in total. The molecule has 0 aliphatic heterocycles. The monoisotopic (exact) mass is 545 g/mol. The van der Waals surface area contributed by atoms with E-state index in [0.717, 1.165) is 17.7 Å². The van der Waals surface area contributed by atoms with Crippen LogP contribution in [0.5, 0.6) is 0 Å². The first-order chi connectivity index (χ1) is 18.8. The highest BCUT2D eigenvalue weighted by Crippen LogP contribution is 2.24. The zero-order valence-electron chi connectivity index (χ0n) is 23.6. The van der Waals surface area contributed by atoms with Crippen LogP contribution in [0, 0.1) is 0 Å². The number of anilines is 4. The maximum absolute atomic E-state index is 12.1. The maximum atomic E-state index is 12.1. The van der Waals surface area contributed by atoms with E-state index >= 15 is 0 Å². The summed E-state index contributed by atoms with van der Waals surface area (Å²) in [4.78, 5) is 37.5. The Balaban J connectivity index is 1.39. The number of hydrogen-bond acceptors (Lipinski definition) is 8. The van der Waals surface area contributed by atoms with Gasteiger partial charge in [-0.15, -0.1) is 0 Å². The van der Waals surface area contributed by atoms with Crippen LogP contribution in [0.3, 0.4) is 0 Å². The minimum Gasteiger partial charge on any atom is -0.444 e. The van der Waals surface area contributed by atoms with Crippen molar-refractivity contribution in [1.82, 2.24) is 19.5 Å². The van der Waals surface area contributed by atoms with Gasteiger partial charge in [0.15, 0.2) is 17.0 Å². The Kier molecular flexibility index (Phi) is 8.22. The van der Waals surface area contributed by atoms with Crippen molar-refractivity contribution < 1.29 is 19.1 Å². The largest absolute Gasteiger partial charge is 0.444 e. The van der Waals surface area contributed by atoms with Crippen molar-refractivity contribution in [2.24, 2.45) is 0 Å². The molecule has 210 valence electrons. The number of fused-ring (bicyclic) bond motifs is 1. The molecule has 2 heterocycles. The summed E-state index contributed by atoms with van der Waals surface area (Å²) in [6.45, 7) is 11.6. The lowest BCUT2D eigenvalue weighted by Gasteiger charge is -2.19. The van der Waals surface area contributed by atoms with E-state index in [1.54, 1.807) is 18.5 Å². The van der Waals surface area contributed by atoms with Gasteiger partial charge in [0.05, 0.1) is 6.33 Å². The van der Waals surface area contributed by atoms with Crippen LogP contribution in [0.2, 0.25) is 0 Å². The molecule has 0 bridgehead atoms. The molecule has 2 amide bonds. The number of carbonyl (C=O) groups excluding carboxylic acids is 2. The molecule has 0 atom stereocenters. The number of carbonyl (C=O) groups is 2. The van der Waals surface area contributed by atoms with Gasteiger partial charge in [0.2, 0.25) is 0 Å². The van der Waals surface area contributed by atoms with Gasteiger partial charge in [0.25, 0.3) is 0 Å². The fourth-order valence-electron chi connectivity index (χ4n) is 3.79. The predicted molar refractivity (Wildman–Crippen MR) is 155 cm³/mol. The van der Waals surface area contributed by atoms with Crippen LogP contribution in [0.25, 0.3) is 11.2 Å². The Morgan fingerprint density at radius 3 is 2.08 bits per heavy atom. The lowest BCUT2D eigenvalue weighted by atomic mass is 10.1. The quantitative estimate of drug-likeness (QED) is 0.239. The summed E-state index contributed by atoms with van der Waals surface area (Å²) in [5.41, 5.74) is 3.25. The number of aromatic nitrogens is 4. The first kappa shape index (κ1) is 28.3. The molecule has 0 saturated carbocycles. The molecule has 0 aliphatic rings. The third-order valence-electron chi connectivity index (χ3n) is 5.41. The number of imidazole rings is 1. The number of amides is 2. The Bertz CT molecular complexity index is 1490. The van der Waals surface area contributed by atoms with Crippen LogP contribution in [0.15, 0.2) is 61.2 Å². The van der Waals surface area contributed by atoms with Gasteiger partial charge >= 0.3 is 12.2 Å². The van der Waals surface area contributed by atoms with Gasteiger partial charge in [0, 0.05) is 23.6 Å². The second-order valence-corrected chi connectivity index (χ2v) is 11.2. The molecule has 2 aromatic carbocycles. The highest BCUT2D eigenvalue weighted by molar-refractivity contribution is 5.88. The van der Waals surface area contributed by atoms with Crippen LogP contribution in [0.1, 0.15) is 47.1 Å². The van der Waals surface area contributed by atoms with Gasteiger partial charge in [-0.25, -0.2) is 24.5 Å². The SMILES string of the molecule is CC(C)(C)OC(=O)Nc1ccc(CCn2cnc3c(Nc4cccc(NC(=O)OC(C)(C)C)c4)ncnc32)cc1. The standard InChI is InChI=1S/C29H35N7O4/c1-28(2,3)39-26(37)34-20-12-10-19(11-13-20)14-15-36-18-32-23-24(30-17-31-25(23)36)33-21-8-7-9-22(16-21)35-27(38)40-29(4,5)6/h7-13,16-18H,14-15H2,1-6H3,(H,34,37)(H,35,38)(H,30,31,33). The minimum absolute atomic E-state index is 0.486. The molecule has 11 heteroatoms. The maximum Gasteiger partial charge on any atom is 0.412 e. The second kappa shape index (κ2) is 11.6. The van der Waals surface area contributed by atoms with E-state index in [0.29, 0.717) is 34.9 Å². The summed E-state index contributed by atoms with van der Waals surface area (Å²) in [7, 11) is 0. The summed E-state index contributed by atoms with van der Waals surface area (Å²) in [6, 6.07) is 14.9. The van der Waals surface area contributed by atoms with Crippen LogP contribution < -0.4 is 16.0 Å². The molecule has 0 unspecified atom stereocenters. The van der Waals surface area contributed by atoms with E-state index in [1.165, 1.54) is 6.33 Å². The van der Waals surface area contributed by atoms with E-state index in [2.05, 4.69) is 30.9 Å². The molecule has 2 aromatic heterocycles. The van der Waals surface area contributed by atoms with Crippen LogP contribution in [0.4, 0.5) is 32.5 Å². The normalized spacial score (nSPS) is 11.7. The molecular formula is C29H35N7O4. The zero-order chi connectivity index (χ0) is 28.9. The number of nitrogens with zero attached hydrogens (tertiary/aromatic N) is 4. The fourth-order valence-corrected chi connectivity index (χ4v) is 3.79. The van der Waals surface area contributed by atoms with Crippen molar-refractivity contribution >= 4 is 46.2 Å². The van der Waals surface area contributed by atoms with E-state index in [1.807, 2.05) is 82.5 Å². The van der Waals surface area contributed by atoms with Crippen LogP contribution in [-0.2, 0) is 22.4 Å². The molecule has 0 spiro atoms. The van der Waals surface area contributed by atoms with Crippen molar-refractivity contribution in [1.29, 1.82) is 0 Å². The van der Waals surface area contributed by atoms with Gasteiger partial charge in [-0.2, -0.15) is 0 Å². The summed E-state index contributed by atoms with van der Waals surface area (Å²) < 4.78 is 12.6. The number of nitrogens with one attached hydrogen (secondary N) is 3. The van der Waals surface area contributed by atoms with E-state index < -0.39 is 23.4 Å². The Labute approximate surface area is 233 Å². The lowest BCUT2D eigenvalue weighted by molar-refractivity contribution is 0.0624. The van der Waals surface area contributed by atoms with Crippen LogP contribution in [-0.4, -0.2) is 42.9 Å². The van der Waals surface area contributed by atoms with Gasteiger partial charge < -0.3 is 19.4 Å². The minimum atomic E-state index is -0.590. The molecule has 4 rings (SSSR count). The van der Waals surface area contributed by atoms with Crippen LogP contribution >= 0.6 is 0 Å². The first-order valence-electron chi connectivity index (χ1n) is 13.0. The van der Waals surface area contributed by atoms with Crippen molar-refractivity contribution in [3.05, 3.63) is 66.7 Å². The third-order valence-corrected chi connectivity index (χ3v) is 5.41. The fraction of sp³-hybridized carbons (Fsp3) is 0.345. The average Bonchev–Trinajstić information content (AvgIpc) is 3.25. The first-order valence-corrected chi connectivity index (χ1v) is 13.0. The predicted octanol–water partition coefficient (Wildman–Crippen LogP) is 6.51. The van der Waals surface area contributed by atoms with E-state index in [9.17, 15) is 9.59 Å². The molecular weight excluding hydrogens is 510 g/mol. The van der Waals surface area contributed by atoms with E-state index in [4.69, 9.17) is 9.47 Å². The van der Waals surface area contributed by atoms with Gasteiger partial charge in [-0.1, -0.05) is 18.2 Å². The van der Waals surface area contributed by atoms with Gasteiger partial charge in [0.1, 0.15) is 17.5 Å². The highest BCUT2D eigenvalue weighted by atomic mass is 16.6. The molecule has 0 aliphatic carbocycles. The molecule has 40 heavy (non-hydrogen) atoms. The third kappa shape index (κ3) is 8.16. The number of rotatable bonds is 7. The summed E-state index contributed by atoms with van der Waals surface area (Å²) in [5.74, 6) is 0.552. The molecule has 0 saturated heterocycles. The van der Waals surface area contributed by atoms with Crippen molar-refractivity contribution in [2.75, 3.05) is 16.0 Å². The molecule has 0 radical (unpaired) electrons. The number of aryl methyl sites for hydroxylation is 2. The average molecular weight is 546 g/mol. The number of ether oxygens (including phenoxy) is 2. The molecule has 4 aromatic rings. The Morgan fingerprint density at radius 2 is 1.43 bits per heavy atom. The lowest BCUT2D eigenvalue weighted by Crippen LogP contribution is -2.27. The summed E-state index contributed by atoms with van der Waals surface area (Å²) in [5, 5.41) is 8.75. The van der Waals surface area contributed by atoms with Gasteiger partial charge in [-0.3, -0.25) is 10.6 Å². The summed E-state index contributed by atoms with van der Waals surface area (Å²) in [6.07, 6.45) is 2.96. The smallest absolute Gasteiger partial charge is 0.412 e. The highest BCUT2D eigenvalue weighted by Gasteiger charge is 2.17.